The van der Waals surface area contributed by atoms with Crippen molar-refractivity contribution >= 4 is 11.6 Å². The number of nitrogens with one attached hydrogen (secondary N) is 2. The van der Waals surface area contributed by atoms with Gasteiger partial charge in [-0.25, -0.2) is 13.8 Å². The van der Waals surface area contributed by atoms with Crippen LogP contribution in [0.1, 0.15) is 35.1 Å². The van der Waals surface area contributed by atoms with E-state index in [2.05, 4.69) is 20.0 Å². The van der Waals surface area contributed by atoms with E-state index in [9.17, 15) is 22.4 Å². The zero-order valence-electron chi connectivity index (χ0n) is 19.5. The Kier molecular flexibility index (Phi) is 7.10. The largest absolute Gasteiger partial charge is 0.434 e. The molecule has 0 bridgehead atoms. The van der Waals surface area contributed by atoms with E-state index in [0.29, 0.717) is 28.2 Å². The molecule has 0 atom stereocenters. The topological polar surface area (TPSA) is 67.0 Å². The second-order valence-corrected chi connectivity index (χ2v) is 8.11. The van der Waals surface area contributed by atoms with Crippen LogP contribution in [0.15, 0.2) is 72.8 Å². The predicted molar refractivity (Wildman–Crippen MR) is 129 cm³/mol. The van der Waals surface area contributed by atoms with Crippen molar-refractivity contribution in [1.29, 1.82) is 0 Å². The molecule has 0 saturated carbocycles. The van der Waals surface area contributed by atoms with E-state index < -0.39 is 18.4 Å². The molecule has 5 nitrogen and oxygen atoms in total. The van der Waals surface area contributed by atoms with Crippen molar-refractivity contribution in [2.75, 3.05) is 5.32 Å². The van der Waals surface area contributed by atoms with Gasteiger partial charge in [-0.05, 0) is 42.8 Å². The second-order valence-electron chi connectivity index (χ2n) is 8.11. The lowest BCUT2D eigenvalue weighted by molar-refractivity contribution is -0.0494. The van der Waals surface area contributed by atoms with Crippen LogP contribution in [0.25, 0.3) is 22.5 Å². The van der Waals surface area contributed by atoms with Crippen LogP contribution in [0.3, 0.4) is 0 Å². The lowest BCUT2D eigenvalue weighted by Gasteiger charge is -2.15. The quantitative estimate of drug-likeness (QED) is 0.249. The summed E-state index contributed by atoms with van der Waals surface area (Å²) in [5, 5.41) is 2.61. The maximum Gasteiger partial charge on any atom is 0.387 e. The number of hydrogen-bond donors (Lipinski definition) is 2. The first-order chi connectivity index (χ1) is 17.2. The van der Waals surface area contributed by atoms with Gasteiger partial charge in [0.05, 0.1) is 0 Å². The molecule has 0 unspecified atom stereocenters. The molecule has 36 heavy (non-hydrogen) atoms. The highest BCUT2D eigenvalue weighted by molar-refractivity contribution is 6.04. The maximum absolute atomic E-state index is 14.1. The predicted octanol–water partition coefficient (Wildman–Crippen LogP) is 7.41. The van der Waals surface area contributed by atoms with Gasteiger partial charge in [-0.1, -0.05) is 49.4 Å². The van der Waals surface area contributed by atoms with Gasteiger partial charge in [0.15, 0.2) is 0 Å². The fourth-order valence-corrected chi connectivity index (χ4v) is 3.76. The van der Waals surface area contributed by atoms with Crippen LogP contribution in [-0.4, -0.2) is 22.5 Å². The number of hydrogen-bond acceptors (Lipinski definition) is 3. The number of carbonyl (C=O) groups excluding carboxylic acids is 1. The SMILES string of the molecule is CCC(F)(F)c1cccc(NC(=O)c2nc(-c3ccc(OC(F)F)c(-c4ccccc4)c3)[nH]c2C)c1. The number of carbonyl (C=O) groups is 1. The van der Waals surface area contributed by atoms with Gasteiger partial charge in [0.25, 0.3) is 11.8 Å². The summed E-state index contributed by atoms with van der Waals surface area (Å²) in [5.41, 5.74) is 2.19. The molecule has 186 valence electrons. The molecule has 1 amide bonds. The summed E-state index contributed by atoms with van der Waals surface area (Å²) in [4.78, 5) is 20.3. The Hall–Kier alpha value is -4.14. The summed E-state index contributed by atoms with van der Waals surface area (Å²) in [6.07, 6.45) is -0.363. The summed E-state index contributed by atoms with van der Waals surface area (Å²) in [6.45, 7) is 0.0459. The molecule has 1 heterocycles. The Labute approximate surface area is 205 Å². The number of aromatic amines is 1. The summed E-state index contributed by atoms with van der Waals surface area (Å²) in [5.74, 6) is -3.24. The summed E-state index contributed by atoms with van der Waals surface area (Å²) in [6, 6.07) is 19.0. The second kappa shape index (κ2) is 10.2. The molecule has 4 aromatic rings. The highest BCUT2D eigenvalue weighted by Gasteiger charge is 2.29. The van der Waals surface area contributed by atoms with Crippen molar-refractivity contribution < 1.29 is 27.1 Å². The smallest absolute Gasteiger partial charge is 0.387 e. The van der Waals surface area contributed by atoms with E-state index in [-0.39, 0.29) is 29.1 Å². The highest BCUT2D eigenvalue weighted by Crippen LogP contribution is 2.35. The number of alkyl halides is 4. The van der Waals surface area contributed by atoms with Crippen molar-refractivity contribution in [2.45, 2.75) is 32.8 Å². The normalized spacial score (nSPS) is 11.5. The highest BCUT2D eigenvalue weighted by atomic mass is 19.3. The van der Waals surface area contributed by atoms with Gasteiger partial charge in [0, 0.05) is 34.5 Å². The first-order valence-corrected chi connectivity index (χ1v) is 11.2. The van der Waals surface area contributed by atoms with Gasteiger partial charge in [-0.3, -0.25) is 4.79 Å². The first-order valence-electron chi connectivity index (χ1n) is 11.2. The first kappa shape index (κ1) is 25.0. The third-order valence-corrected chi connectivity index (χ3v) is 5.64. The fraction of sp³-hybridized carbons (Fsp3) is 0.185. The number of aryl methyl sites for hydroxylation is 1. The van der Waals surface area contributed by atoms with Crippen molar-refractivity contribution in [1.82, 2.24) is 9.97 Å². The molecule has 0 aliphatic rings. The molecule has 4 rings (SSSR count). The molecule has 0 aliphatic carbocycles. The van der Waals surface area contributed by atoms with Gasteiger partial charge in [0.1, 0.15) is 17.3 Å². The van der Waals surface area contributed by atoms with Gasteiger partial charge < -0.3 is 15.0 Å². The summed E-state index contributed by atoms with van der Waals surface area (Å²) >= 11 is 0. The molecule has 2 N–H and O–H groups in total. The Morgan fingerprint density at radius 2 is 1.78 bits per heavy atom. The molecular formula is C27H23F4N3O2. The molecule has 0 fully saturated rings. The zero-order chi connectivity index (χ0) is 25.9. The number of anilines is 1. The fourth-order valence-electron chi connectivity index (χ4n) is 3.76. The minimum atomic E-state index is -3.01. The minimum Gasteiger partial charge on any atom is -0.434 e. The van der Waals surface area contributed by atoms with Crippen LogP contribution >= 0.6 is 0 Å². The van der Waals surface area contributed by atoms with Crippen LogP contribution in [0.4, 0.5) is 23.2 Å². The number of benzene rings is 3. The summed E-state index contributed by atoms with van der Waals surface area (Å²) in [7, 11) is 0. The molecule has 3 aromatic carbocycles. The lowest BCUT2D eigenvalue weighted by Crippen LogP contribution is -2.15. The number of amides is 1. The van der Waals surface area contributed by atoms with Crippen LogP contribution in [0.2, 0.25) is 0 Å². The van der Waals surface area contributed by atoms with E-state index in [0.717, 1.165) is 0 Å². The molecule has 9 heteroatoms. The molecular weight excluding hydrogens is 474 g/mol. The number of H-pyrrole nitrogens is 1. The standard InChI is InChI=1S/C27H23F4N3O2/c1-3-27(30,31)19-10-7-11-20(15-19)33-25(35)23-16(2)32-24(34-23)18-12-13-22(36-26(28)29)21(14-18)17-8-5-4-6-9-17/h4-15,26H,3H2,1-2H3,(H,32,34)(H,33,35). The Morgan fingerprint density at radius 3 is 2.47 bits per heavy atom. The summed E-state index contributed by atoms with van der Waals surface area (Å²) < 4.78 is 58.7. The molecule has 0 aliphatic heterocycles. The van der Waals surface area contributed by atoms with Crippen molar-refractivity contribution in [3.8, 4) is 28.3 Å². The zero-order valence-corrected chi connectivity index (χ0v) is 19.5. The number of aromatic nitrogens is 2. The molecule has 0 spiro atoms. The number of ether oxygens (including phenoxy) is 1. The van der Waals surface area contributed by atoms with Crippen LogP contribution in [0, 0.1) is 6.92 Å². The van der Waals surface area contributed by atoms with E-state index in [1.165, 1.54) is 37.3 Å². The Bertz CT molecular complexity index is 1370. The molecule has 1 aromatic heterocycles. The maximum atomic E-state index is 14.1. The van der Waals surface area contributed by atoms with Crippen LogP contribution in [-0.2, 0) is 5.92 Å². The Morgan fingerprint density at radius 1 is 1.03 bits per heavy atom. The minimum absolute atomic E-state index is 0.00459. The average Bonchev–Trinajstić information content (AvgIpc) is 3.26. The van der Waals surface area contributed by atoms with Gasteiger partial charge in [0.2, 0.25) is 0 Å². The van der Waals surface area contributed by atoms with Gasteiger partial charge in [-0.15, -0.1) is 0 Å². The third kappa shape index (κ3) is 5.40. The van der Waals surface area contributed by atoms with Crippen LogP contribution < -0.4 is 10.1 Å². The van der Waals surface area contributed by atoms with E-state index in [1.807, 2.05) is 0 Å². The van der Waals surface area contributed by atoms with Gasteiger partial charge >= 0.3 is 6.61 Å². The van der Waals surface area contributed by atoms with Crippen molar-refractivity contribution in [3.63, 3.8) is 0 Å². The van der Waals surface area contributed by atoms with Crippen molar-refractivity contribution in [3.05, 3.63) is 89.7 Å². The number of rotatable bonds is 8. The van der Waals surface area contributed by atoms with E-state index in [4.69, 9.17) is 0 Å². The molecule has 0 saturated heterocycles. The Balaban J connectivity index is 1.64. The van der Waals surface area contributed by atoms with Crippen molar-refractivity contribution in [2.24, 2.45) is 0 Å². The lowest BCUT2D eigenvalue weighted by atomic mass is 10.0. The number of imidazole rings is 1. The molecule has 0 radical (unpaired) electrons. The van der Waals surface area contributed by atoms with Gasteiger partial charge in [-0.2, -0.15) is 8.78 Å². The van der Waals surface area contributed by atoms with Crippen LogP contribution in [0.5, 0.6) is 5.75 Å². The number of halogens is 4. The third-order valence-electron chi connectivity index (χ3n) is 5.64. The number of nitrogens with zero attached hydrogens (tertiary/aromatic N) is 1. The van der Waals surface area contributed by atoms with E-state index in [1.54, 1.807) is 49.4 Å². The average molecular weight is 497 g/mol. The van der Waals surface area contributed by atoms with E-state index >= 15 is 0 Å². The monoisotopic (exact) mass is 497 g/mol.